The number of esters is 7. The minimum absolute atomic E-state index is 0.576. The highest BCUT2D eigenvalue weighted by Gasteiger charge is 2.57. The van der Waals surface area contributed by atoms with E-state index in [0.717, 1.165) is 0 Å². The lowest BCUT2D eigenvalue weighted by atomic mass is 9.96. The van der Waals surface area contributed by atoms with Crippen LogP contribution in [-0.2, 0) is 85.7 Å². The molecule has 2 aliphatic rings. The molecule has 0 spiro atoms. The molecule has 2 rings (SSSR count). The van der Waals surface area contributed by atoms with Crippen LogP contribution < -0.4 is 0 Å². The second-order valence-electron chi connectivity index (χ2n) is 17.5. The Morgan fingerprint density at radius 2 is 0.703 bits per heavy atom. The smallest absolute Gasteiger partial charge is 0.309 e. The van der Waals surface area contributed by atoms with Gasteiger partial charge in [-0.3, -0.25) is 39.0 Å². The third kappa shape index (κ3) is 16.4. The minimum atomic E-state index is -2.48. The van der Waals surface area contributed by atoms with Crippen molar-refractivity contribution in [2.45, 2.75) is 162 Å². The summed E-state index contributed by atoms with van der Waals surface area (Å²) in [6.07, 6.45) is -16.8. The van der Waals surface area contributed by atoms with Crippen molar-refractivity contribution in [2.75, 3.05) is 13.2 Å². The lowest BCUT2D eigenvalue weighted by molar-refractivity contribution is -0.330. The molecule has 22 heteroatoms. The Labute approximate surface area is 389 Å². The van der Waals surface area contributed by atoms with E-state index in [0.29, 0.717) is 0 Å². The zero-order chi connectivity index (χ0) is 49.1. The van der Waals surface area contributed by atoms with Crippen LogP contribution in [0, 0.1) is 46.8 Å². The molecule has 2 heterocycles. The molecule has 366 valence electrons. The van der Waals surface area contributed by atoms with E-state index in [2.05, 4.69) is 0 Å². The fourth-order valence-corrected chi connectivity index (χ4v) is 5.52. The van der Waals surface area contributed by atoms with Crippen molar-refractivity contribution in [3.8, 4) is 0 Å². The van der Waals surface area contributed by atoms with Crippen molar-refractivity contribution in [2.24, 2.45) is 41.4 Å². The molecule has 2 aliphatic heterocycles. The van der Waals surface area contributed by atoms with E-state index in [1.807, 2.05) is 0 Å². The molecule has 0 bridgehead atoms. The van der Waals surface area contributed by atoms with Crippen LogP contribution >= 0.6 is 34.8 Å². The first-order valence-corrected chi connectivity index (χ1v) is 22.3. The number of ether oxygens (including phenoxy) is 11. The maximum absolute atomic E-state index is 13.4. The maximum atomic E-state index is 13.4. The molecule has 19 nitrogen and oxygen atoms in total. The molecule has 0 aromatic heterocycles. The molecule has 0 aromatic rings. The molecular weight excluding hydrogens is 913 g/mol. The van der Waals surface area contributed by atoms with E-state index < -0.39 is 168 Å². The zero-order valence-corrected chi connectivity index (χ0v) is 41.0. The summed E-state index contributed by atoms with van der Waals surface area (Å²) >= 11 is 17.9. The van der Waals surface area contributed by atoms with Crippen molar-refractivity contribution in [1.82, 2.24) is 0 Å². The third-order valence-electron chi connectivity index (χ3n) is 9.30. The Kier molecular flexibility index (Phi) is 22.0. The summed E-state index contributed by atoms with van der Waals surface area (Å²) in [5, 5.41) is 8.36. The highest BCUT2D eigenvalue weighted by atomic mass is 35.6. The first kappa shape index (κ1) is 56.6. The fourth-order valence-electron chi connectivity index (χ4n) is 5.38. The van der Waals surface area contributed by atoms with Crippen LogP contribution in [0.4, 0.5) is 0 Å². The predicted octanol–water partition coefficient (Wildman–Crippen LogP) is 5.42. The molecule has 10 atom stereocenters. The van der Waals surface area contributed by atoms with Crippen LogP contribution in [0.3, 0.4) is 0 Å². The van der Waals surface area contributed by atoms with Gasteiger partial charge in [0.15, 0.2) is 36.8 Å². The topological polar surface area (TPSA) is 245 Å². The van der Waals surface area contributed by atoms with Gasteiger partial charge in [-0.2, -0.15) is 0 Å². The number of rotatable bonds is 19. The van der Waals surface area contributed by atoms with Crippen molar-refractivity contribution in [1.29, 1.82) is 5.41 Å². The van der Waals surface area contributed by atoms with Gasteiger partial charge in [0.2, 0.25) is 18.3 Å². The second kappa shape index (κ2) is 24.9. The minimum Gasteiger partial charge on any atom is -0.463 e. The van der Waals surface area contributed by atoms with Crippen LogP contribution in [0.5, 0.6) is 0 Å². The fraction of sp³-hybridized carbons (Fsp3) is 0.810. The SMILES string of the molecule is CC(C)C(=O)OC[C@H]1O[C@H](OC[C@H]2O[C@H](OC(=N)C(Cl)(Cl)Cl)[C@H](OC(=O)C(C)C)[C@@H](OC(=O)C(C)C)[C@@H]2OC(=O)C(C)C)[C@H](OC(=O)C(C)C)[C@@H](OC(=O)C(C)C)[C@H]1OC(=O)C(C)C. The summed E-state index contributed by atoms with van der Waals surface area (Å²) in [7, 11) is 0. The first-order valence-electron chi connectivity index (χ1n) is 21.1. The largest absolute Gasteiger partial charge is 0.463 e. The van der Waals surface area contributed by atoms with Gasteiger partial charge in [-0.1, -0.05) is 132 Å². The molecule has 0 radical (unpaired) electrons. The summed E-state index contributed by atoms with van der Waals surface area (Å²) in [6.45, 7) is 20.2. The zero-order valence-electron chi connectivity index (χ0n) is 38.7. The van der Waals surface area contributed by atoms with E-state index in [9.17, 15) is 33.6 Å². The molecule has 0 saturated carbocycles. The summed E-state index contributed by atoms with van der Waals surface area (Å²) in [6, 6.07) is 0. The maximum Gasteiger partial charge on any atom is 0.309 e. The van der Waals surface area contributed by atoms with Crippen molar-refractivity contribution < 1.29 is 85.7 Å². The molecule has 2 fully saturated rings. The van der Waals surface area contributed by atoms with Crippen LogP contribution in [-0.4, -0.2) is 126 Å². The van der Waals surface area contributed by atoms with E-state index in [4.69, 9.17) is 92.3 Å². The Morgan fingerprint density at radius 3 is 1.03 bits per heavy atom. The summed E-state index contributed by atoms with van der Waals surface area (Å²) in [4.78, 5) is 92.6. The van der Waals surface area contributed by atoms with Crippen LogP contribution in [0.15, 0.2) is 0 Å². The molecular formula is C42H64Cl3NO18. The summed E-state index contributed by atoms with van der Waals surface area (Å²) < 4.78 is 62.6. The number of hydrogen-bond donors (Lipinski definition) is 1. The van der Waals surface area contributed by atoms with Crippen LogP contribution in [0.1, 0.15) is 96.9 Å². The number of carbonyl (C=O) groups is 7. The summed E-state index contributed by atoms with van der Waals surface area (Å²) in [5.74, 6) is -11.7. The predicted molar refractivity (Wildman–Crippen MR) is 226 cm³/mol. The van der Waals surface area contributed by atoms with Gasteiger partial charge in [-0.05, 0) is 0 Å². The molecule has 0 aromatic carbocycles. The normalized spacial score (nSPS) is 26.2. The van der Waals surface area contributed by atoms with Crippen molar-refractivity contribution in [3.05, 3.63) is 0 Å². The average molecular weight is 977 g/mol. The van der Waals surface area contributed by atoms with E-state index >= 15 is 0 Å². The Bertz CT molecular complexity index is 1650. The molecule has 64 heavy (non-hydrogen) atoms. The molecule has 2 saturated heterocycles. The second-order valence-corrected chi connectivity index (χ2v) is 19.8. The van der Waals surface area contributed by atoms with Crippen LogP contribution in [0.25, 0.3) is 0 Å². The first-order chi connectivity index (χ1) is 29.5. The molecule has 0 aliphatic carbocycles. The number of halogens is 3. The van der Waals surface area contributed by atoms with Gasteiger partial charge < -0.3 is 52.1 Å². The van der Waals surface area contributed by atoms with Gasteiger partial charge in [-0.15, -0.1) is 0 Å². The Hall–Kier alpha value is -3.49. The van der Waals surface area contributed by atoms with Gasteiger partial charge in [0.25, 0.3) is 3.79 Å². The lowest BCUT2D eigenvalue weighted by Crippen LogP contribution is -2.65. The third-order valence-corrected chi connectivity index (χ3v) is 9.82. The van der Waals surface area contributed by atoms with E-state index in [-0.39, 0.29) is 0 Å². The van der Waals surface area contributed by atoms with Crippen molar-refractivity contribution in [3.63, 3.8) is 0 Å². The highest BCUT2D eigenvalue weighted by molar-refractivity contribution is 6.76. The number of alkyl halides is 3. The molecule has 1 N–H and O–H groups in total. The number of nitrogens with one attached hydrogen (secondary N) is 1. The summed E-state index contributed by atoms with van der Waals surface area (Å²) in [5.41, 5.74) is 0. The van der Waals surface area contributed by atoms with Gasteiger partial charge in [-0.25, -0.2) is 0 Å². The van der Waals surface area contributed by atoms with E-state index in [1.165, 1.54) is 69.2 Å². The average Bonchev–Trinajstić information content (AvgIpc) is 3.18. The lowest BCUT2D eigenvalue weighted by Gasteiger charge is -2.47. The Morgan fingerprint density at radius 1 is 0.422 bits per heavy atom. The number of carbonyl (C=O) groups excluding carboxylic acids is 7. The Balaban J connectivity index is 2.91. The molecule has 0 amide bonds. The monoisotopic (exact) mass is 975 g/mol. The quantitative estimate of drug-likeness (QED) is 0.0558. The van der Waals surface area contributed by atoms with Gasteiger partial charge >= 0.3 is 41.8 Å². The highest BCUT2D eigenvalue weighted by Crippen LogP contribution is 2.36. The molecule has 0 unspecified atom stereocenters. The van der Waals surface area contributed by atoms with Crippen LogP contribution in [0.2, 0.25) is 0 Å². The van der Waals surface area contributed by atoms with Crippen molar-refractivity contribution >= 4 is 82.5 Å². The standard InChI is InChI=1S/C42H64Cl3NO18/c1-17(2)32(47)54-15-24-26(58-33(48)18(3)4)28(60-35(50)20(7)8)30(62-37(52)22(11)12)39(56-24)55-16-25-27(59-34(49)19(5)6)29(61-36(51)21(9)10)31(63-38(53)23(13)14)40(57-25)64-41(46)42(43,44)45/h17-31,39-40,46H,15-16H2,1-14H3/t24-,25-,26+,27-,28+,29+,30-,31-,39+,40-/m1/s1. The number of hydrogen-bond acceptors (Lipinski definition) is 19. The van der Waals surface area contributed by atoms with Gasteiger partial charge in [0.05, 0.1) is 48.0 Å². The van der Waals surface area contributed by atoms with Gasteiger partial charge in [0, 0.05) is 0 Å². The van der Waals surface area contributed by atoms with Gasteiger partial charge in [0.1, 0.15) is 18.8 Å². The van der Waals surface area contributed by atoms with E-state index in [1.54, 1.807) is 27.7 Å².